The summed E-state index contributed by atoms with van der Waals surface area (Å²) in [5, 5.41) is 21.0. The van der Waals surface area contributed by atoms with E-state index in [1.165, 1.54) is 4.90 Å². The Bertz CT molecular complexity index is 610. The van der Waals surface area contributed by atoms with E-state index in [0.717, 1.165) is 0 Å². The van der Waals surface area contributed by atoms with Crippen molar-refractivity contribution in [3.05, 3.63) is 21.8 Å². The molecule has 9 nitrogen and oxygen atoms in total. The maximum absolute atomic E-state index is 11.8. The molecule has 9 heteroatoms. The summed E-state index contributed by atoms with van der Waals surface area (Å²) in [5.74, 6) is -0.0769. The molecule has 1 saturated heterocycles. The van der Waals surface area contributed by atoms with Crippen LogP contribution in [0.3, 0.4) is 0 Å². The van der Waals surface area contributed by atoms with Gasteiger partial charge in [0.15, 0.2) is 11.4 Å². The summed E-state index contributed by atoms with van der Waals surface area (Å²) in [6, 6.07) is 3.59. The van der Waals surface area contributed by atoms with Crippen molar-refractivity contribution in [2.24, 2.45) is 11.0 Å². The molecule has 0 saturated carbocycles. The van der Waals surface area contributed by atoms with Crippen LogP contribution in [0, 0.1) is 28.6 Å². The fourth-order valence-electron chi connectivity index (χ4n) is 1.91. The van der Waals surface area contributed by atoms with Gasteiger partial charge in [0.25, 0.3) is 0 Å². The second kappa shape index (κ2) is 5.08. The Hall–Kier alpha value is -3.03. The second-order valence-electron chi connectivity index (χ2n) is 4.00. The molecule has 1 N–H and O–H groups in total. The van der Waals surface area contributed by atoms with Crippen molar-refractivity contribution >= 4 is 11.9 Å². The smallest absolute Gasteiger partial charge is 0.229 e. The lowest BCUT2D eigenvalue weighted by atomic mass is 10.1. The molecule has 2 heterocycles. The van der Waals surface area contributed by atoms with Gasteiger partial charge in [-0.15, -0.1) is 0 Å². The van der Waals surface area contributed by atoms with Gasteiger partial charge in [-0.05, 0) is 11.4 Å². The van der Waals surface area contributed by atoms with Crippen LogP contribution in [0.2, 0.25) is 0 Å². The van der Waals surface area contributed by atoms with Crippen LogP contribution < -0.4 is 4.90 Å². The van der Waals surface area contributed by atoms with E-state index in [0.29, 0.717) is 6.54 Å². The van der Waals surface area contributed by atoms with Crippen molar-refractivity contribution < 1.29 is 4.79 Å². The van der Waals surface area contributed by atoms with Crippen molar-refractivity contribution in [3.63, 3.8) is 0 Å². The third kappa shape index (κ3) is 2.32. The summed E-state index contributed by atoms with van der Waals surface area (Å²) in [6.07, 6.45) is 0.253. The number of nitriles is 2. The van der Waals surface area contributed by atoms with Crippen LogP contribution in [0.5, 0.6) is 0 Å². The third-order valence-electron chi connectivity index (χ3n) is 2.77. The van der Waals surface area contributed by atoms with Gasteiger partial charge in [0, 0.05) is 24.4 Å². The average Bonchev–Trinajstić information content (AvgIpc) is 2.99. The number of rotatable bonds is 3. The Morgan fingerprint density at radius 3 is 2.95 bits per heavy atom. The number of nitrogens with zero attached hydrogens (tertiary/aromatic N) is 7. The molecule has 0 aromatic carbocycles. The fourth-order valence-corrected chi connectivity index (χ4v) is 1.91. The number of hydrogen-bond donors (Lipinski definition) is 1. The maximum Gasteiger partial charge on any atom is 0.229 e. The van der Waals surface area contributed by atoms with Crippen molar-refractivity contribution in [1.82, 2.24) is 9.97 Å². The zero-order chi connectivity index (χ0) is 13.8. The minimum absolute atomic E-state index is 0.0313. The summed E-state index contributed by atoms with van der Waals surface area (Å²) in [4.78, 5) is 22.4. The lowest BCUT2D eigenvalue weighted by Gasteiger charge is -2.11. The molecule has 0 spiro atoms. The number of imidazole rings is 1. The maximum atomic E-state index is 11.8. The molecule has 1 amide bonds. The number of nitrogens with one attached hydrogen (secondary N) is 1. The summed E-state index contributed by atoms with van der Waals surface area (Å²) in [6.45, 7) is 0.580. The van der Waals surface area contributed by atoms with Crippen LogP contribution in [0.1, 0.15) is 17.8 Å². The van der Waals surface area contributed by atoms with E-state index in [1.54, 1.807) is 12.1 Å². The summed E-state index contributed by atoms with van der Waals surface area (Å²) in [7, 11) is 0. The lowest BCUT2D eigenvalue weighted by Crippen LogP contribution is -2.26. The Balaban J connectivity index is 2.21. The van der Waals surface area contributed by atoms with Gasteiger partial charge in [0.2, 0.25) is 11.9 Å². The predicted octanol–water partition coefficient (Wildman–Crippen LogP) is 0.816. The van der Waals surface area contributed by atoms with E-state index in [1.807, 2.05) is 0 Å². The summed E-state index contributed by atoms with van der Waals surface area (Å²) >= 11 is 0. The van der Waals surface area contributed by atoms with Gasteiger partial charge in [-0.3, -0.25) is 9.69 Å². The molecule has 1 aliphatic rings. The number of carbonyl (C=O) groups excluding carboxylic acids is 1. The Morgan fingerprint density at radius 2 is 2.37 bits per heavy atom. The lowest BCUT2D eigenvalue weighted by molar-refractivity contribution is -0.117. The van der Waals surface area contributed by atoms with E-state index in [2.05, 4.69) is 20.0 Å². The van der Waals surface area contributed by atoms with Crippen molar-refractivity contribution in [3.8, 4) is 12.1 Å². The number of azide groups is 1. The van der Waals surface area contributed by atoms with Crippen LogP contribution in [0.4, 0.5) is 5.95 Å². The summed E-state index contributed by atoms with van der Waals surface area (Å²) in [5.41, 5.74) is 8.24. The number of H-pyrrole nitrogens is 1. The van der Waals surface area contributed by atoms with Crippen LogP contribution in [-0.4, -0.2) is 29.0 Å². The molecule has 0 radical (unpaired) electrons. The number of carbonyl (C=O) groups is 1. The Kier molecular flexibility index (Phi) is 3.33. The molecule has 94 valence electrons. The molecule has 1 aromatic heterocycles. The van der Waals surface area contributed by atoms with E-state index >= 15 is 0 Å². The number of hydrogen-bond acceptors (Lipinski definition) is 5. The van der Waals surface area contributed by atoms with Crippen molar-refractivity contribution in [2.45, 2.75) is 6.42 Å². The van der Waals surface area contributed by atoms with Crippen molar-refractivity contribution in [1.29, 1.82) is 10.5 Å². The first-order valence-electron chi connectivity index (χ1n) is 5.41. The molecule has 0 aliphatic carbocycles. The second-order valence-corrected chi connectivity index (χ2v) is 4.00. The molecular formula is C10H8N8O. The molecular weight excluding hydrogens is 248 g/mol. The van der Waals surface area contributed by atoms with Crippen LogP contribution in [0.25, 0.3) is 10.4 Å². The van der Waals surface area contributed by atoms with E-state index in [-0.39, 0.29) is 42.1 Å². The minimum Gasteiger partial charge on any atom is -0.314 e. The van der Waals surface area contributed by atoms with Crippen LogP contribution in [0.15, 0.2) is 5.11 Å². The van der Waals surface area contributed by atoms with Gasteiger partial charge in [-0.2, -0.15) is 10.5 Å². The number of anilines is 1. The topological polar surface area (TPSA) is 145 Å². The van der Waals surface area contributed by atoms with Gasteiger partial charge < -0.3 is 4.98 Å². The van der Waals surface area contributed by atoms with Gasteiger partial charge in [-0.1, -0.05) is 5.11 Å². The first-order valence-corrected chi connectivity index (χ1v) is 5.41. The molecule has 1 aliphatic heterocycles. The van der Waals surface area contributed by atoms with Crippen molar-refractivity contribution in [2.75, 3.05) is 18.0 Å². The zero-order valence-electron chi connectivity index (χ0n) is 9.74. The zero-order valence-corrected chi connectivity index (χ0v) is 9.74. The number of aromatic nitrogens is 2. The largest absolute Gasteiger partial charge is 0.314 e. The van der Waals surface area contributed by atoms with Gasteiger partial charge in [0.1, 0.15) is 12.1 Å². The van der Waals surface area contributed by atoms with Gasteiger partial charge >= 0.3 is 0 Å². The van der Waals surface area contributed by atoms with E-state index < -0.39 is 0 Å². The quantitative estimate of drug-likeness (QED) is 0.484. The SMILES string of the molecule is N#Cc1nc(N2CC(CN=[N+]=[N-])CC2=O)[nH]c1C#N. The van der Waals surface area contributed by atoms with Crippen LogP contribution in [-0.2, 0) is 4.79 Å². The Labute approximate surface area is 107 Å². The molecule has 1 atom stereocenters. The molecule has 1 fully saturated rings. The number of aromatic amines is 1. The van der Waals surface area contributed by atoms with Gasteiger partial charge in [-0.25, -0.2) is 4.98 Å². The monoisotopic (exact) mass is 256 g/mol. The number of amides is 1. The predicted molar refractivity (Wildman–Crippen MR) is 62.5 cm³/mol. The molecule has 1 aromatic rings. The average molecular weight is 256 g/mol. The molecule has 1 unspecified atom stereocenters. The fraction of sp³-hybridized carbons (Fsp3) is 0.400. The first kappa shape index (κ1) is 12.4. The Morgan fingerprint density at radius 1 is 1.58 bits per heavy atom. The highest BCUT2D eigenvalue weighted by atomic mass is 16.2. The standard InChI is InChI=1S/C10H8N8O/c11-2-7-8(3-12)16-10(15-7)18-5-6(1-9(18)19)4-14-17-13/h6H,1,4-5H2,(H,15,16). The normalized spacial score (nSPS) is 17.7. The van der Waals surface area contributed by atoms with Gasteiger partial charge in [0.05, 0.1) is 0 Å². The highest BCUT2D eigenvalue weighted by Crippen LogP contribution is 2.23. The highest BCUT2D eigenvalue weighted by Gasteiger charge is 2.32. The minimum atomic E-state index is -0.180. The third-order valence-corrected chi connectivity index (χ3v) is 2.77. The molecule has 0 bridgehead atoms. The molecule has 19 heavy (non-hydrogen) atoms. The first-order chi connectivity index (χ1) is 9.19. The van der Waals surface area contributed by atoms with E-state index in [4.69, 9.17) is 16.1 Å². The van der Waals surface area contributed by atoms with E-state index in [9.17, 15) is 4.79 Å². The summed E-state index contributed by atoms with van der Waals surface area (Å²) < 4.78 is 0. The van der Waals surface area contributed by atoms with Crippen LogP contribution >= 0.6 is 0 Å². The highest BCUT2D eigenvalue weighted by molar-refractivity contribution is 5.94. The molecule has 2 rings (SSSR count).